The molecule has 1 saturated heterocycles. The maximum atomic E-state index is 12.8. The number of anilines is 1. The fraction of sp³-hybridized carbons (Fsp3) is 0.333. The fourth-order valence-corrected chi connectivity index (χ4v) is 4.39. The zero-order valence-corrected chi connectivity index (χ0v) is 14.5. The molecule has 1 aromatic heterocycles. The van der Waals surface area contributed by atoms with Crippen LogP contribution >= 0.6 is 0 Å². The number of benzene rings is 1. The molecule has 146 valence electrons. The lowest BCUT2D eigenvalue weighted by atomic mass is 10.2. The Labute approximate surface area is 152 Å². The molecule has 2 N–H and O–H groups in total. The van der Waals surface area contributed by atoms with Crippen LogP contribution in [0.5, 0.6) is 0 Å². The fourth-order valence-electron chi connectivity index (χ4n) is 2.83. The summed E-state index contributed by atoms with van der Waals surface area (Å²) >= 11 is 0. The predicted molar refractivity (Wildman–Crippen MR) is 87.6 cm³/mol. The minimum absolute atomic E-state index is 0.150. The van der Waals surface area contributed by atoms with Gasteiger partial charge in [0.05, 0.1) is 10.5 Å². The van der Waals surface area contributed by atoms with E-state index in [0.717, 1.165) is 16.4 Å². The van der Waals surface area contributed by atoms with Crippen molar-refractivity contribution in [2.45, 2.75) is 17.1 Å². The van der Waals surface area contributed by atoms with Gasteiger partial charge in [-0.3, -0.25) is 4.79 Å². The summed E-state index contributed by atoms with van der Waals surface area (Å²) < 4.78 is 64.4. The minimum atomic E-state index is -4.60. The van der Waals surface area contributed by atoms with Crippen LogP contribution in [-0.2, 0) is 21.0 Å². The van der Waals surface area contributed by atoms with Crippen LogP contribution < -0.4 is 4.90 Å². The van der Waals surface area contributed by atoms with Gasteiger partial charge in [0.15, 0.2) is 0 Å². The molecule has 1 fully saturated rings. The zero-order valence-electron chi connectivity index (χ0n) is 13.7. The number of sulfonamides is 1. The number of rotatable bonds is 4. The van der Waals surface area contributed by atoms with E-state index in [2.05, 4.69) is 9.97 Å². The molecular formula is C15H15F3N4O4S. The number of H-pyrrole nitrogens is 1. The largest absolute Gasteiger partial charge is 0.480 e. The number of nitrogens with zero attached hydrogens (tertiary/aromatic N) is 3. The molecule has 2 aromatic rings. The number of carboxylic acid groups (broad SMARTS) is 1. The van der Waals surface area contributed by atoms with E-state index in [1.807, 2.05) is 0 Å². The maximum absolute atomic E-state index is 12.8. The van der Waals surface area contributed by atoms with Crippen molar-refractivity contribution in [2.75, 3.05) is 24.5 Å². The van der Waals surface area contributed by atoms with Crippen LogP contribution in [-0.4, -0.2) is 59.4 Å². The summed E-state index contributed by atoms with van der Waals surface area (Å²) in [6.07, 6.45) is -1.56. The van der Waals surface area contributed by atoms with Gasteiger partial charge in [-0.25, -0.2) is 13.4 Å². The second-order valence-corrected chi connectivity index (χ2v) is 7.74. The third kappa shape index (κ3) is 3.76. The van der Waals surface area contributed by atoms with E-state index in [4.69, 9.17) is 0 Å². The molecule has 12 heteroatoms. The molecule has 0 amide bonds. The van der Waals surface area contributed by atoms with Crippen molar-refractivity contribution in [1.29, 1.82) is 0 Å². The van der Waals surface area contributed by atoms with Gasteiger partial charge in [-0.1, -0.05) is 0 Å². The normalized spacial score (nSPS) is 19.2. The van der Waals surface area contributed by atoms with Crippen molar-refractivity contribution in [3.05, 3.63) is 42.2 Å². The average molecular weight is 404 g/mol. The first-order valence-electron chi connectivity index (χ1n) is 7.77. The summed E-state index contributed by atoms with van der Waals surface area (Å²) in [4.78, 5) is 19.7. The summed E-state index contributed by atoms with van der Waals surface area (Å²) in [7, 11) is -4.28. The molecule has 1 atom stereocenters. The second-order valence-electron chi connectivity index (χ2n) is 5.85. The van der Waals surface area contributed by atoms with E-state index in [-0.39, 0.29) is 19.6 Å². The number of carboxylic acids is 1. The third-order valence-corrected chi connectivity index (χ3v) is 6.11. The van der Waals surface area contributed by atoms with Crippen LogP contribution in [0.1, 0.15) is 5.56 Å². The van der Waals surface area contributed by atoms with Gasteiger partial charge in [-0.15, -0.1) is 0 Å². The van der Waals surface area contributed by atoms with Crippen LogP contribution in [0.15, 0.2) is 41.6 Å². The van der Waals surface area contributed by atoms with Crippen molar-refractivity contribution < 1.29 is 31.5 Å². The van der Waals surface area contributed by atoms with Gasteiger partial charge in [-0.05, 0) is 24.3 Å². The molecule has 2 heterocycles. The third-order valence-electron chi connectivity index (χ3n) is 4.19. The molecule has 0 saturated carbocycles. The van der Waals surface area contributed by atoms with Crippen LogP contribution in [0.3, 0.4) is 0 Å². The highest BCUT2D eigenvalue weighted by Crippen LogP contribution is 2.31. The lowest BCUT2D eigenvalue weighted by Gasteiger charge is -2.38. The number of hydrogen-bond acceptors (Lipinski definition) is 5. The molecule has 8 nitrogen and oxygen atoms in total. The minimum Gasteiger partial charge on any atom is -0.480 e. The molecule has 27 heavy (non-hydrogen) atoms. The number of hydrogen-bond donors (Lipinski definition) is 2. The van der Waals surface area contributed by atoms with Gasteiger partial charge in [0, 0.05) is 32.0 Å². The second kappa shape index (κ2) is 6.85. The Hall–Kier alpha value is -2.60. The first kappa shape index (κ1) is 19.2. The highest BCUT2D eigenvalue weighted by Gasteiger charge is 2.41. The van der Waals surface area contributed by atoms with Crippen LogP contribution in [0.2, 0.25) is 0 Å². The molecule has 1 aliphatic heterocycles. The number of aliphatic carboxylic acids is 1. The smallest absolute Gasteiger partial charge is 0.416 e. The Morgan fingerprint density at radius 3 is 2.41 bits per heavy atom. The summed E-state index contributed by atoms with van der Waals surface area (Å²) in [6, 6.07) is 1.56. The monoisotopic (exact) mass is 404 g/mol. The quantitative estimate of drug-likeness (QED) is 0.798. The number of alkyl halides is 3. The van der Waals surface area contributed by atoms with Crippen molar-refractivity contribution in [1.82, 2.24) is 14.3 Å². The number of aromatic amines is 1. The number of nitrogens with one attached hydrogen (secondary N) is 1. The highest BCUT2D eigenvalue weighted by atomic mass is 32.2. The summed E-state index contributed by atoms with van der Waals surface area (Å²) in [5.41, 5.74) is -0.987. The molecular weight excluding hydrogens is 389 g/mol. The first-order valence-corrected chi connectivity index (χ1v) is 9.21. The Morgan fingerprint density at radius 1 is 1.22 bits per heavy atom. The molecule has 0 spiro atoms. The molecule has 0 radical (unpaired) electrons. The van der Waals surface area contributed by atoms with Crippen molar-refractivity contribution in [2.24, 2.45) is 0 Å². The van der Waals surface area contributed by atoms with Crippen molar-refractivity contribution in [3.8, 4) is 0 Å². The standard InChI is InChI=1S/C15H15F3N4O4S/c16-15(17,18)10-1-3-11(4-2-10)27(25,26)22-8-7-21(9-12(22)13(23)24)14-19-5-6-20-14/h1-6,12H,7-9H2,(H,19,20)(H,23,24)/t12-/m1/s1. The molecule has 1 aliphatic rings. The molecule has 0 unspecified atom stereocenters. The Morgan fingerprint density at radius 2 is 1.89 bits per heavy atom. The van der Waals surface area contributed by atoms with Crippen molar-refractivity contribution in [3.63, 3.8) is 0 Å². The predicted octanol–water partition coefficient (Wildman–Crippen LogP) is 1.39. The number of aromatic nitrogens is 2. The highest BCUT2D eigenvalue weighted by molar-refractivity contribution is 7.89. The Balaban J connectivity index is 1.88. The van der Waals surface area contributed by atoms with Gasteiger partial charge in [0.25, 0.3) is 0 Å². The average Bonchev–Trinajstić information content (AvgIpc) is 3.15. The van der Waals surface area contributed by atoms with E-state index in [9.17, 15) is 31.5 Å². The first-order chi connectivity index (χ1) is 12.6. The van der Waals surface area contributed by atoms with Gasteiger partial charge in [0.2, 0.25) is 16.0 Å². The van der Waals surface area contributed by atoms with E-state index >= 15 is 0 Å². The number of halogens is 3. The summed E-state index contributed by atoms with van der Waals surface area (Å²) in [5, 5.41) is 9.47. The van der Waals surface area contributed by atoms with E-state index in [1.54, 1.807) is 11.1 Å². The summed E-state index contributed by atoms with van der Waals surface area (Å²) in [5.74, 6) is -0.949. The topological polar surface area (TPSA) is 107 Å². The molecule has 0 bridgehead atoms. The van der Waals surface area contributed by atoms with Crippen LogP contribution in [0.4, 0.5) is 19.1 Å². The lowest BCUT2D eigenvalue weighted by molar-refractivity contribution is -0.141. The maximum Gasteiger partial charge on any atom is 0.416 e. The lowest BCUT2D eigenvalue weighted by Crippen LogP contribution is -2.58. The van der Waals surface area contributed by atoms with Gasteiger partial charge >= 0.3 is 12.1 Å². The van der Waals surface area contributed by atoms with E-state index < -0.39 is 38.7 Å². The summed E-state index contributed by atoms with van der Waals surface area (Å²) in [6.45, 7) is -0.124. The van der Waals surface area contributed by atoms with Crippen LogP contribution in [0, 0.1) is 0 Å². The number of piperazine rings is 1. The number of carbonyl (C=O) groups is 1. The molecule has 0 aliphatic carbocycles. The molecule has 3 rings (SSSR count). The van der Waals surface area contributed by atoms with Gasteiger partial charge in [-0.2, -0.15) is 17.5 Å². The Bertz CT molecular complexity index is 914. The van der Waals surface area contributed by atoms with Crippen LogP contribution in [0.25, 0.3) is 0 Å². The SMILES string of the molecule is O=C(O)[C@H]1CN(c2ncc[nH]2)CCN1S(=O)(=O)c1ccc(C(F)(F)F)cc1. The zero-order chi connectivity index (χ0) is 19.8. The van der Waals surface area contributed by atoms with E-state index in [1.165, 1.54) is 6.20 Å². The molecule has 1 aromatic carbocycles. The van der Waals surface area contributed by atoms with Crippen molar-refractivity contribution >= 4 is 21.9 Å². The van der Waals surface area contributed by atoms with E-state index in [0.29, 0.717) is 18.1 Å². The van der Waals surface area contributed by atoms with Gasteiger partial charge < -0.3 is 15.0 Å². The number of imidazole rings is 1. The van der Waals surface area contributed by atoms with Gasteiger partial charge in [0.1, 0.15) is 6.04 Å². The Kier molecular flexibility index (Phi) is 4.86.